The quantitative estimate of drug-likeness (QED) is 0.581. The van der Waals surface area contributed by atoms with Crippen molar-refractivity contribution in [1.29, 1.82) is 0 Å². The van der Waals surface area contributed by atoms with E-state index < -0.39 is 0 Å². The lowest BCUT2D eigenvalue weighted by molar-refractivity contribution is 0.227. The van der Waals surface area contributed by atoms with Crippen molar-refractivity contribution in [2.24, 2.45) is 0 Å². The second-order valence-corrected chi connectivity index (χ2v) is 4.24. The third-order valence-corrected chi connectivity index (χ3v) is 3.45. The van der Waals surface area contributed by atoms with Gasteiger partial charge in [-0.1, -0.05) is 24.3 Å². The molecule has 0 unspecified atom stereocenters. The van der Waals surface area contributed by atoms with Gasteiger partial charge in [0.1, 0.15) is 0 Å². The molecule has 1 saturated heterocycles. The molecule has 0 aromatic heterocycles. The van der Waals surface area contributed by atoms with E-state index in [0.29, 0.717) is 0 Å². The first-order chi connectivity index (χ1) is 6.43. The Kier molecular flexibility index (Phi) is 1.66. The molecule has 2 aliphatic rings. The van der Waals surface area contributed by atoms with Crippen molar-refractivity contribution in [1.82, 2.24) is 4.90 Å². The standard InChI is InChI=1S/C12H15N/c1-2-5-11-9-13-7-3-6-12(13)8-10(11)4-1/h1-2,4-5,12H,3,6-9H2/t12-/m0/s1. The van der Waals surface area contributed by atoms with Gasteiger partial charge in [-0.15, -0.1) is 0 Å². The molecule has 0 aliphatic carbocycles. The highest BCUT2D eigenvalue weighted by atomic mass is 15.2. The summed E-state index contributed by atoms with van der Waals surface area (Å²) in [5.74, 6) is 0. The molecule has 0 spiro atoms. The lowest BCUT2D eigenvalue weighted by Gasteiger charge is -2.31. The molecule has 1 atom stereocenters. The van der Waals surface area contributed by atoms with Crippen molar-refractivity contribution < 1.29 is 0 Å². The zero-order valence-electron chi connectivity index (χ0n) is 7.87. The third-order valence-electron chi connectivity index (χ3n) is 3.45. The fraction of sp³-hybridized carbons (Fsp3) is 0.500. The van der Waals surface area contributed by atoms with Gasteiger partial charge in [0.05, 0.1) is 0 Å². The van der Waals surface area contributed by atoms with Crippen LogP contribution in [-0.4, -0.2) is 17.5 Å². The van der Waals surface area contributed by atoms with Crippen LogP contribution in [0.2, 0.25) is 0 Å². The molecule has 1 aromatic carbocycles. The molecule has 0 amide bonds. The minimum atomic E-state index is 0.856. The van der Waals surface area contributed by atoms with Gasteiger partial charge in [-0.3, -0.25) is 4.90 Å². The minimum absolute atomic E-state index is 0.856. The van der Waals surface area contributed by atoms with E-state index >= 15 is 0 Å². The van der Waals surface area contributed by atoms with Crippen LogP contribution >= 0.6 is 0 Å². The average molecular weight is 173 g/mol. The zero-order valence-corrected chi connectivity index (χ0v) is 7.87. The maximum absolute atomic E-state index is 2.64. The van der Waals surface area contributed by atoms with Crippen molar-refractivity contribution in [3.63, 3.8) is 0 Å². The van der Waals surface area contributed by atoms with E-state index in [-0.39, 0.29) is 0 Å². The molecule has 1 nitrogen and oxygen atoms in total. The van der Waals surface area contributed by atoms with E-state index in [4.69, 9.17) is 0 Å². The Balaban J connectivity index is 1.97. The summed E-state index contributed by atoms with van der Waals surface area (Å²) < 4.78 is 0. The van der Waals surface area contributed by atoms with Crippen LogP contribution in [0.3, 0.4) is 0 Å². The maximum Gasteiger partial charge on any atom is 0.0239 e. The highest BCUT2D eigenvalue weighted by molar-refractivity contribution is 5.30. The van der Waals surface area contributed by atoms with Crippen LogP contribution in [0.15, 0.2) is 24.3 Å². The Bertz CT molecular complexity index is 288. The lowest BCUT2D eigenvalue weighted by atomic mass is 9.95. The normalized spacial score (nSPS) is 26.9. The highest BCUT2D eigenvalue weighted by Crippen LogP contribution is 2.29. The topological polar surface area (TPSA) is 3.24 Å². The number of rotatable bonds is 0. The first-order valence-electron chi connectivity index (χ1n) is 5.24. The largest absolute Gasteiger partial charge is 0.296 e. The Morgan fingerprint density at radius 1 is 1.15 bits per heavy atom. The summed E-state index contributed by atoms with van der Waals surface area (Å²) in [5, 5.41) is 0. The molecule has 68 valence electrons. The average Bonchev–Trinajstić information content (AvgIpc) is 2.61. The van der Waals surface area contributed by atoms with Gasteiger partial charge in [0.25, 0.3) is 0 Å². The van der Waals surface area contributed by atoms with Crippen LogP contribution in [0.1, 0.15) is 24.0 Å². The first-order valence-corrected chi connectivity index (χ1v) is 5.24. The monoisotopic (exact) mass is 173 g/mol. The number of benzene rings is 1. The van der Waals surface area contributed by atoms with E-state index in [1.807, 2.05) is 0 Å². The molecular weight excluding hydrogens is 158 g/mol. The molecule has 2 aliphatic heterocycles. The van der Waals surface area contributed by atoms with Crippen molar-refractivity contribution in [2.75, 3.05) is 6.54 Å². The Labute approximate surface area is 79.4 Å². The zero-order chi connectivity index (χ0) is 8.67. The summed E-state index contributed by atoms with van der Waals surface area (Å²) >= 11 is 0. The predicted molar refractivity (Wildman–Crippen MR) is 53.6 cm³/mol. The first kappa shape index (κ1) is 7.57. The fourth-order valence-electron chi connectivity index (χ4n) is 2.72. The third kappa shape index (κ3) is 1.19. The van der Waals surface area contributed by atoms with E-state index in [1.165, 1.54) is 32.4 Å². The molecule has 0 bridgehead atoms. The number of nitrogens with zero attached hydrogens (tertiary/aromatic N) is 1. The van der Waals surface area contributed by atoms with Crippen molar-refractivity contribution in [2.45, 2.75) is 31.8 Å². The molecular formula is C12H15N. The summed E-state index contributed by atoms with van der Waals surface area (Å²) in [6, 6.07) is 9.77. The molecule has 2 heterocycles. The van der Waals surface area contributed by atoms with Crippen LogP contribution in [0.25, 0.3) is 0 Å². The molecule has 3 rings (SSSR count). The van der Waals surface area contributed by atoms with E-state index in [9.17, 15) is 0 Å². The van der Waals surface area contributed by atoms with Gasteiger partial charge in [-0.05, 0) is 36.9 Å². The molecule has 1 aromatic rings. The second kappa shape index (κ2) is 2.85. The van der Waals surface area contributed by atoms with Gasteiger partial charge < -0.3 is 0 Å². The summed E-state index contributed by atoms with van der Waals surface area (Å²) in [7, 11) is 0. The maximum atomic E-state index is 2.64. The lowest BCUT2D eigenvalue weighted by Crippen LogP contribution is -2.35. The minimum Gasteiger partial charge on any atom is -0.296 e. The molecule has 13 heavy (non-hydrogen) atoms. The Morgan fingerprint density at radius 2 is 2.00 bits per heavy atom. The van der Waals surface area contributed by atoms with Crippen LogP contribution in [-0.2, 0) is 13.0 Å². The van der Waals surface area contributed by atoms with Gasteiger partial charge in [0.2, 0.25) is 0 Å². The van der Waals surface area contributed by atoms with E-state index in [1.54, 1.807) is 11.1 Å². The second-order valence-electron chi connectivity index (χ2n) is 4.24. The Morgan fingerprint density at radius 3 is 2.92 bits per heavy atom. The van der Waals surface area contributed by atoms with Gasteiger partial charge in [-0.25, -0.2) is 0 Å². The molecule has 0 N–H and O–H groups in total. The molecule has 0 radical (unpaired) electrons. The van der Waals surface area contributed by atoms with Crippen molar-refractivity contribution in [3.8, 4) is 0 Å². The Hall–Kier alpha value is -0.820. The number of hydrogen-bond donors (Lipinski definition) is 0. The predicted octanol–water partition coefficient (Wildman–Crippen LogP) is 2.21. The molecule has 1 heteroatoms. The van der Waals surface area contributed by atoms with Gasteiger partial charge in [0, 0.05) is 12.6 Å². The summed E-state index contributed by atoms with van der Waals surface area (Å²) in [6.07, 6.45) is 4.10. The van der Waals surface area contributed by atoms with Crippen LogP contribution in [0, 0.1) is 0 Å². The van der Waals surface area contributed by atoms with Gasteiger partial charge in [-0.2, -0.15) is 0 Å². The van der Waals surface area contributed by atoms with Crippen LogP contribution in [0.5, 0.6) is 0 Å². The number of hydrogen-bond acceptors (Lipinski definition) is 1. The van der Waals surface area contributed by atoms with Crippen molar-refractivity contribution in [3.05, 3.63) is 35.4 Å². The van der Waals surface area contributed by atoms with E-state index in [2.05, 4.69) is 29.2 Å². The van der Waals surface area contributed by atoms with Gasteiger partial charge >= 0.3 is 0 Å². The smallest absolute Gasteiger partial charge is 0.0239 e. The highest BCUT2D eigenvalue weighted by Gasteiger charge is 2.29. The van der Waals surface area contributed by atoms with Crippen LogP contribution in [0.4, 0.5) is 0 Å². The summed E-state index contributed by atoms with van der Waals surface area (Å²) in [5.41, 5.74) is 3.14. The van der Waals surface area contributed by atoms with Gasteiger partial charge in [0.15, 0.2) is 0 Å². The summed E-state index contributed by atoms with van der Waals surface area (Å²) in [4.78, 5) is 2.64. The SMILES string of the molecule is c1ccc2c(c1)C[C@@H]1CCCN1C2. The molecule has 0 saturated carbocycles. The fourth-order valence-corrected chi connectivity index (χ4v) is 2.72. The van der Waals surface area contributed by atoms with Crippen LogP contribution < -0.4 is 0 Å². The summed E-state index contributed by atoms with van der Waals surface area (Å²) in [6.45, 7) is 2.51. The van der Waals surface area contributed by atoms with Crippen molar-refractivity contribution >= 4 is 0 Å². The van der Waals surface area contributed by atoms with E-state index in [0.717, 1.165) is 6.04 Å². The number of fused-ring (bicyclic) bond motifs is 2. The molecule has 1 fully saturated rings.